The first-order valence-corrected chi connectivity index (χ1v) is 9.22. The highest BCUT2D eigenvalue weighted by Crippen LogP contribution is 2.22. The number of amides is 1. The van der Waals surface area contributed by atoms with Crippen LogP contribution in [0.15, 0.2) is 41.5 Å². The van der Waals surface area contributed by atoms with E-state index in [4.69, 9.17) is 0 Å². The van der Waals surface area contributed by atoms with Crippen molar-refractivity contribution < 1.29 is 9.18 Å². The second-order valence-corrected chi connectivity index (χ2v) is 6.88. The van der Waals surface area contributed by atoms with E-state index in [2.05, 4.69) is 10.4 Å². The number of rotatable bonds is 5. The van der Waals surface area contributed by atoms with Crippen LogP contribution in [-0.4, -0.2) is 20.1 Å². The smallest absolute Gasteiger partial charge is 0.276 e. The number of hydrogen-bond acceptors (Lipinski definition) is 3. The minimum Gasteiger partial charge on any atom is -0.352 e. The van der Waals surface area contributed by atoms with E-state index in [1.54, 1.807) is 33.6 Å². The summed E-state index contributed by atoms with van der Waals surface area (Å²) < 4.78 is 16.1. The van der Waals surface area contributed by atoms with Crippen molar-refractivity contribution in [3.05, 3.63) is 69.7 Å². The topological polar surface area (TPSA) is 68.4 Å². The Kier molecular flexibility index (Phi) is 4.75. The van der Waals surface area contributed by atoms with Crippen molar-refractivity contribution in [2.75, 3.05) is 0 Å². The van der Waals surface area contributed by atoms with Crippen LogP contribution < -0.4 is 10.9 Å². The van der Waals surface area contributed by atoms with Crippen LogP contribution in [0.1, 0.15) is 36.1 Å². The quantitative estimate of drug-likeness (QED) is 0.751. The molecule has 140 valence electrons. The minimum atomic E-state index is -0.304. The van der Waals surface area contributed by atoms with Crippen LogP contribution in [-0.2, 0) is 30.7 Å². The van der Waals surface area contributed by atoms with Crippen LogP contribution in [0.3, 0.4) is 0 Å². The normalized spacial score (nSPS) is 13.5. The highest BCUT2D eigenvalue weighted by atomic mass is 19.1. The van der Waals surface area contributed by atoms with E-state index >= 15 is 0 Å². The number of nitrogens with zero attached hydrogens (tertiary/aromatic N) is 3. The van der Waals surface area contributed by atoms with Gasteiger partial charge in [-0.15, -0.1) is 0 Å². The van der Waals surface area contributed by atoms with Gasteiger partial charge in [0.15, 0.2) is 0 Å². The fraction of sp³-hybridized carbons (Fsp3) is 0.350. The molecule has 0 unspecified atom stereocenters. The maximum Gasteiger partial charge on any atom is 0.276 e. The van der Waals surface area contributed by atoms with Crippen molar-refractivity contribution in [2.45, 2.75) is 45.2 Å². The van der Waals surface area contributed by atoms with Gasteiger partial charge in [-0.25, -0.2) is 8.91 Å². The van der Waals surface area contributed by atoms with E-state index in [1.165, 1.54) is 12.1 Å². The molecule has 6 nitrogen and oxygen atoms in total. The molecule has 2 heterocycles. The summed E-state index contributed by atoms with van der Waals surface area (Å²) in [5, 5.41) is 7.31. The lowest BCUT2D eigenvalue weighted by molar-refractivity contribution is -0.121. The molecule has 0 saturated heterocycles. The summed E-state index contributed by atoms with van der Waals surface area (Å²) >= 11 is 0. The molecule has 0 bridgehead atoms. The van der Waals surface area contributed by atoms with E-state index in [9.17, 15) is 14.0 Å². The Hall–Kier alpha value is -2.96. The number of aromatic nitrogens is 3. The summed E-state index contributed by atoms with van der Waals surface area (Å²) in [6.45, 7) is 0.647. The van der Waals surface area contributed by atoms with E-state index < -0.39 is 0 Å². The summed E-state index contributed by atoms with van der Waals surface area (Å²) in [6, 6.07) is 6.00. The molecule has 1 aliphatic rings. The fourth-order valence-corrected chi connectivity index (χ4v) is 3.54. The lowest BCUT2D eigenvalue weighted by atomic mass is 9.97. The Morgan fingerprint density at radius 2 is 1.93 bits per heavy atom. The number of carbonyl (C=O) groups excluding carboxylic acids is 1. The number of carbonyl (C=O) groups is 1. The number of hydrogen-bond donors (Lipinski definition) is 1. The molecule has 1 N–H and O–H groups in total. The van der Waals surface area contributed by atoms with Crippen molar-refractivity contribution in [1.82, 2.24) is 19.5 Å². The molecule has 2 aromatic heterocycles. The minimum absolute atomic E-state index is 0.0977. The monoisotopic (exact) mass is 368 g/mol. The van der Waals surface area contributed by atoms with Crippen LogP contribution >= 0.6 is 0 Å². The number of fused-ring (bicyclic) bond motifs is 3. The van der Waals surface area contributed by atoms with Gasteiger partial charge in [-0.1, -0.05) is 12.1 Å². The molecule has 4 rings (SSSR count). The van der Waals surface area contributed by atoms with Gasteiger partial charge < -0.3 is 9.88 Å². The van der Waals surface area contributed by atoms with Crippen LogP contribution in [0.4, 0.5) is 4.39 Å². The Balaban J connectivity index is 1.42. The third kappa shape index (κ3) is 3.63. The van der Waals surface area contributed by atoms with Gasteiger partial charge in [0.05, 0.1) is 5.69 Å². The molecule has 0 radical (unpaired) electrons. The first-order chi connectivity index (χ1) is 13.1. The molecule has 0 saturated carbocycles. The van der Waals surface area contributed by atoms with Gasteiger partial charge in [0.2, 0.25) is 5.91 Å². The van der Waals surface area contributed by atoms with E-state index in [0.29, 0.717) is 18.6 Å². The van der Waals surface area contributed by atoms with Gasteiger partial charge >= 0.3 is 0 Å². The van der Waals surface area contributed by atoms with Gasteiger partial charge in [-0.05, 0) is 43.4 Å². The molecule has 1 amide bonds. The highest BCUT2D eigenvalue weighted by Gasteiger charge is 2.19. The fourth-order valence-electron chi connectivity index (χ4n) is 3.54. The standard InChI is InChI=1S/C20H21FN4O2/c21-15-7-5-14(6-8-15)13-22-18(26)9-10-24-11-12-25-19(20(24)27)16-3-1-2-4-17(16)23-25/h5-8,11-12H,1-4,9-10,13H2,(H,22,26). The lowest BCUT2D eigenvalue weighted by Gasteiger charge is -2.10. The molecular weight excluding hydrogens is 347 g/mol. The number of nitrogens with one attached hydrogen (secondary N) is 1. The third-order valence-corrected chi connectivity index (χ3v) is 5.02. The van der Waals surface area contributed by atoms with Gasteiger partial charge in [0.1, 0.15) is 11.3 Å². The van der Waals surface area contributed by atoms with E-state index in [-0.39, 0.29) is 23.7 Å². The Morgan fingerprint density at radius 3 is 2.74 bits per heavy atom. The maximum atomic E-state index is 12.9. The first-order valence-electron chi connectivity index (χ1n) is 9.22. The summed E-state index contributed by atoms with van der Waals surface area (Å²) in [5.41, 5.74) is 3.45. The van der Waals surface area contributed by atoms with Crippen LogP contribution in [0.2, 0.25) is 0 Å². The predicted molar refractivity (Wildman–Crippen MR) is 99.0 cm³/mol. The van der Waals surface area contributed by atoms with Crippen molar-refractivity contribution in [3.8, 4) is 0 Å². The van der Waals surface area contributed by atoms with Crippen LogP contribution in [0.5, 0.6) is 0 Å². The molecule has 0 spiro atoms. The number of halogens is 1. The zero-order chi connectivity index (χ0) is 18.8. The summed E-state index contributed by atoms with van der Waals surface area (Å²) in [5.74, 6) is -0.455. The first kappa shape index (κ1) is 17.5. The third-order valence-electron chi connectivity index (χ3n) is 5.02. The Morgan fingerprint density at radius 1 is 1.15 bits per heavy atom. The van der Waals surface area contributed by atoms with E-state index in [1.807, 2.05) is 0 Å². The number of benzene rings is 1. The average Bonchev–Trinajstić information content (AvgIpc) is 3.06. The van der Waals surface area contributed by atoms with Crippen molar-refractivity contribution >= 4 is 11.4 Å². The second-order valence-electron chi connectivity index (χ2n) is 6.88. The van der Waals surface area contributed by atoms with Crippen LogP contribution in [0, 0.1) is 5.82 Å². The zero-order valence-electron chi connectivity index (χ0n) is 14.9. The Bertz CT molecular complexity index is 1040. The molecule has 1 aromatic carbocycles. The molecule has 3 aromatic rings. The second kappa shape index (κ2) is 7.34. The van der Waals surface area contributed by atoms with Crippen LogP contribution in [0.25, 0.3) is 5.52 Å². The summed E-state index contributed by atoms with van der Waals surface area (Å²) in [4.78, 5) is 24.9. The van der Waals surface area contributed by atoms with Crippen molar-refractivity contribution in [3.63, 3.8) is 0 Å². The van der Waals surface area contributed by atoms with Crippen molar-refractivity contribution in [2.24, 2.45) is 0 Å². The summed E-state index contributed by atoms with van der Waals surface area (Å²) in [6.07, 6.45) is 7.66. The van der Waals surface area contributed by atoms with Gasteiger partial charge in [0.25, 0.3) is 5.56 Å². The largest absolute Gasteiger partial charge is 0.352 e. The molecule has 0 atom stereocenters. The predicted octanol–water partition coefficient (Wildman–Crippen LogP) is 2.22. The summed E-state index contributed by atoms with van der Waals surface area (Å²) in [7, 11) is 0. The SMILES string of the molecule is O=C(CCn1ccn2nc3c(c2c1=O)CCCC3)NCc1ccc(F)cc1. The molecule has 0 aliphatic heterocycles. The molecule has 0 fully saturated rings. The lowest BCUT2D eigenvalue weighted by Crippen LogP contribution is -2.27. The molecule has 7 heteroatoms. The highest BCUT2D eigenvalue weighted by molar-refractivity contribution is 5.75. The maximum absolute atomic E-state index is 12.9. The van der Waals surface area contributed by atoms with E-state index in [0.717, 1.165) is 42.5 Å². The van der Waals surface area contributed by atoms with Gasteiger partial charge in [-0.2, -0.15) is 5.10 Å². The van der Waals surface area contributed by atoms with Gasteiger partial charge in [-0.3, -0.25) is 9.59 Å². The zero-order valence-corrected chi connectivity index (χ0v) is 14.9. The van der Waals surface area contributed by atoms with Gasteiger partial charge in [0, 0.05) is 37.5 Å². The molecular formula is C20H21FN4O2. The Labute approximate surface area is 155 Å². The molecule has 1 aliphatic carbocycles. The van der Waals surface area contributed by atoms with Crippen molar-refractivity contribution in [1.29, 1.82) is 0 Å². The average molecular weight is 368 g/mol. The number of aryl methyl sites for hydroxylation is 3. The molecule has 27 heavy (non-hydrogen) atoms.